The summed E-state index contributed by atoms with van der Waals surface area (Å²) in [6, 6.07) is 24.2. The van der Waals surface area contributed by atoms with E-state index in [2.05, 4.69) is 20.8 Å². The van der Waals surface area contributed by atoms with Gasteiger partial charge in [0, 0.05) is 18.3 Å². The highest BCUT2D eigenvalue weighted by Gasteiger charge is 2.16. The molecule has 0 saturated heterocycles. The number of benzene rings is 3. The van der Waals surface area contributed by atoms with E-state index in [1.165, 1.54) is 11.8 Å². The number of rotatable bonds is 7. The summed E-state index contributed by atoms with van der Waals surface area (Å²) in [6.07, 6.45) is 0. The van der Waals surface area contributed by atoms with E-state index in [4.69, 9.17) is 0 Å². The molecule has 7 nitrogen and oxygen atoms in total. The zero-order valence-corrected chi connectivity index (χ0v) is 19.1. The van der Waals surface area contributed by atoms with Crippen LogP contribution in [0.3, 0.4) is 0 Å². The van der Waals surface area contributed by atoms with Crippen LogP contribution in [0.1, 0.15) is 15.9 Å². The lowest BCUT2D eigenvalue weighted by Gasteiger charge is -2.12. The second kappa shape index (κ2) is 10.1. The van der Waals surface area contributed by atoms with Crippen molar-refractivity contribution >= 4 is 35.0 Å². The number of carbonyl (C=O) groups is 2. The second-order valence-electron chi connectivity index (χ2n) is 7.44. The highest BCUT2D eigenvalue weighted by Crippen LogP contribution is 2.23. The number of nitrogens with one attached hydrogen (secondary N) is 2. The third-order valence-corrected chi connectivity index (χ3v) is 5.94. The van der Waals surface area contributed by atoms with Crippen molar-refractivity contribution in [3.8, 4) is 11.4 Å². The maximum absolute atomic E-state index is 12.8. The SMILES string of the molecule is Cc1cccc(NC(=O)c2ccccc2NC(=O)CSc2nnc(-c3ccccc3)n2C)c1. The summed E-state index contributed by atoms with van der Waals surface area (Å²) in [5.74, 6) is 0.343. The lowest BCUT2D eigenvalue weighted by Crippen LogP contribution is -2.19. The van der Waals surface area contributed by atoms with Gasteiger partial charge in [-0.3, -0.25) is 9.59 Å². The lowest BCUT2D eigenvalue weighted by atomic mass is 10.1. The van der Waals surface area contributed by atoms with E-state index in [0.29, 0.717) is 22.1 Å². The molecule has 0 aliphatic heterocycles. The number of thioether (sulfide) groups is 1. The Morgan fingerprint density at radius 2 is 1.67 bits per heavy atom. The molecule has 0 fully saturated rings. The van der Waals surface area contributed by atoms with Gasteiger partial charge in [0.05, 0.1) is 17.0 Å². The first kappa shape index (κ1) is 22.3. The minimum Gasteiger partial charge on any atom is -0.325 e. The largest absolute Gasteiger partial charge is 0.325 e. The van der Waals surface area contributed by atoms with Crippen LogP contribution in [0.5, 0.6) is 0 Å². The number of nitrogens with zero attached hydrogens (tertiary/aromatic N) is 3. The first-order valence-electron chi connectivity index (χ1n) is 10.4. The molecule has 0 aliphatic carbocycles. The van der Waals surface area contributed by atoms with Crippen molar-refractivity contribution in [2.45, 2.75) is 12.1 Å². The van der Waals surface area contributed by atoms with E-state index < -0.39 is 0 Å². The lowest BCUT2D eigenvalue weighted by molar-refractivity contribution is -0.113. The van der Waals surface area contributed by atoms with Gasteiger partial charge in [-0.2, -0.15) is 0 Å². The number of para-hydroxylation sites is 1. The minimum atomic E-state index is -0.287. The average Bonchev–Trinajstić information content (AvgIpc) is 3.19. The van der Waals surface area contributed by atoms with E-state index in [1.807, 2.05) is 73.1 Å². The van der Waals surface area contributed by atoms with E-state index in [1.54, 1.807) is 24.3 Å². The Labute approximate surface area is 196 Å². The number of carbonyl (C=O) groups excluding carboxylic acids is 2. The fourth-order valence-corrected chi connectivity index (χ4v) is 4.02. The Morgan fingerprint density at radius 3 is 2.45 bits per heavy atom. The number of aromatic nitrogens is 3. The van der Waals surface area contributed by atoms with Crippen LogP contribution in [0.15, 0.2) is 84.0 Å². The van der Waals surface area contributed by atoms with Crippen molar-refractivity contribution in [2.75, 3.05) is 16.4 Å². The van der Waals surface area contributed by atoms with Gasteiger partial charge in [-0.05, 0) is 36.8 Å². The summed E-state index contributed by atoms with van der Waals surface area (Å²) in [5.41, 5.74) is 3.55. The summed E-state index contributed by atoms with van der Waals surface area (Å²) >= 11 is 1.29. The van der Waals surface area contributed by atoms with Crippen molar-refractivity contribution < 1.29 is 9.59 Å². The first-order valence-corrected chi connectivity index (χ1v) is 11.3. The number of amides is 2. The van der Waals surface area contributed by atoms with Crippen molar-refractivity contribution in [1.29, 1.82) is 0 Å². The molecule has 1 aromatic heterocycles. The molecule has 0 saturated carbocycles. The molecule has 166 valence electrons. The van der Waals surface area contributed by atoms with Gasteiger partial charge in [0.2, 0.25) is 5.91 Å². The van der Waals surface area contributed by atoms with Gasteiger partial charge < -0.3 is 15.2 Å². The van der Waals surface area contributed by atoms with Crippen molar-refractivity contribution in [3.05, 3.63) is 90.0 Å². The van der Waals surface area contributed by atoms with Gasteiger partial charge in [0.15, 0.2) is 11.0 Å². The molecule has 0 aliphatic rings. The maximum Gasteiger partial charge on any atom is 0.257 e. The summed E-state index contributed by atoms with van der Waals surface area (Å²) in [7, 11) is 1.87. The highest BCUT2D eigenvalue weighted by molar-refractivity contribution is 7.99. The van der Waals surface area contributed by atoms with Crippen LogP contribution in [0.4, 0.5) is 11.4 Å². The molecule has 4 aromatic rings. The summed E-state index contributed by atoms with van der Waals surface area (Å²) in [6.45, 7) is 1.96. The molecule has 0 unspecified atom stereocenters. The standard InChI is InChI=1S/C25H23N5O2S/c1-17-9-8-12-19(15-17)26-24(32)20-13-6-7-14-21(20)27-22(31)16-33-25-29-28-23(30(25)2)18-10-4-3-5-11-18/h3-15H,16H2,1-2H3,(H,26,32)(H,27,31). The molecule has 2 amide bonds. The van der Waals surface area contributed by atoms with Crippen molar-refractivity contribution in [1.82, 2.24) is 14.8 Å². The zero-order chi connectivity index (χ0) is 23.2. The topological polar surface area (TPSA) is 88.9 Å². The molecule has 0 atom stereocenters. The summed E-state index contributed by atoms with van der Waals surface area (Å²) in [5, 5.41) is 14.8. The van der Waals surface area contributed by atoms with Crippen LogP contribution < -0.4 is 10.6 Å². The van der Waals surface area contributed by atoms with Crippen LogP contribution in [0, 0.1) is 6.92 Å². The molecule has 1 heterocycles. The Kier molecular flexibility index (Phi) is 6.85. The molecule has 3 aromatic carbocycles. The van der Waals surface area contributed by atoms with Crippen molar-refractivity contribution in [3.63, 3.8) is 0 Å². The van der Waals surface area contributed by atoms with Gasteiger partial charge in [0.1, 0.15) is 0 Å². The Hall–Kier alpha value is -3.91. The molecule has 0 spiro atoms. The predicted octanol–water partition coefficient (Wildman–Crippen LogP) is 4.77. The van der Waals surface area contributed by atoms with Gasteiger partial charge >= 0.3 is 0 Å². The second-order valence-corrected chi connectivity index (χ2v) is 8.38. The fraction of sp³-hybridized carbons (Fsp3) is 0.120. The number of hydrogen-bond donors (Lipinski definition) is 2. The van der Waals surface area contributed by atoms with E-state index >= 15 is 0 Å². The molecule has 33 heavy (non-hydrogen) atoms. The Balaban J connectivity index is 1.40. The maximum atomic E-state index is 12.8. The van der Waals surface area contributed by atoms with Crippen LogP contribution in [-0.2, 0) is 11.8 Å². The Morgan fingerprint density at radius 1 is 0.909 bits per heavy atom. The Bertz CT molecular complexity index is 1290. The number of aryl methyl sites for hydroxylation is 1. The quantitative estimate of drug-likeness (QED) is 0.390. The number of anilines is 2. The van der Waals surface area contributed by atoms with Crippen LogP contribution >= 0.6 is 11.8 Å². The van der Waals surface area contributed by atoms with Gasteiger partial charge in [0.25, 0.3) is 5.91 Å². The average molecular weight is 458 g/mol. The molecule has 4 rings (SSSR count). The number of hydrogen-bond acceptors (Lipinski definition) is 5. The molecular formula is C25H23N5O2S. The molecule has 2 N–H and O–H groups in total. The molecule has 8 heteroatoms. The predicted molar refractivity (Wildman–Crippen MR) is 131 cm³/mol. The summed E-state index contributed by atoms with van der Waals surface area (Å²) in [4.78, 5) is 25.4. The van der Waals surface area contributed by atoms with Crippen LogP contribution in [0.25, 0.3) is 11.4 Å². The minimum absolute atomic E-state index is 0.134. The third-order valence-electron chi connectivity index (χ3n) is 4.92. The van der Waals surface area contributed by atoms with Crippen LogP contribution in [-0.4, -0.2) is 32.3 Å². The van der Waals surface area contributed by atoms with Gasteiger partial charge in [-0.15, -0.1) is 10.2 Å². The zero-order valence-electron chi connectivity index (χ0n) is 18.3. The fourth-order valence-electron chi connectivity index (χ4n) is 3.31. The van der Waals surface area contributed by atoms with Crippen LogP contribution in [0.2, 0.25) is 0 Å². The molecule has 0 bridgehead atoms. The molecule has 0 radical (unpaired) electrons. The first-order chi connectivity index (χ1) is 16.0. The smallest absolute Gasteiger partial charge is 0.257 e. The summed E-state index contributed by atoms with van der Waals surface area (Å²) < 4.78 is 1.86. The van der Waals surface area contributed by atoms with Gasteiger partial charge in [-0.25, -0.2) is 0 Å². The third kappa shape index (κ3) is 5.48. The van der Waals surface area contributed by atoms with Crippen molar-refractivity contribution in [2.24, 2.45) is 7.05 Å². The van der Waals surface area contributed by atoms with Gasteiger partial charge in [-0.1, -0.05) is 66.4 Å². The normalized spacial score (nSPS) is 10.6. The van der Waals surface area contributed by atoms with E-state index in [-0.39, 0.29) is 17.6 Å². The monoisotopic (exact) mass is 457 g/mol. The molecular weight excluding hydrogens is 434 g/mol. The highest BCUT2D eigenvalue weighted by atomic mass is 32.2. The van der Waals surface area contributed by atoms with E-state index in [0.717, 1.165) is 17.0 Å². The van der Waals surface area contributed by atoms with E-state index in [9.17, 15) is 9.59 Å².